The molecule has 0 saturated heterocycles. The van der Waals surface area contributed by atoms with E-state index in [1.54, 1.807) is 0 Å². The molecule has 1 aliphatic rings. The van der Waals surface area contributed by atoms with Crippen molar-refractivity contribution in [3.63, 3.8) is 0 Å². The van der Waals surface area contributed by atoms with Gasteiger partial charge in [-0.25, -0.2) is 0 Å². The van der Waals surface area contributed by atoms with Gasteiger partial charge in [0.2, 0.25) is 0 Å². The van der Waals surface area contributed by atoms with Crippen LogP contribution in [0.2, 0.25) is 0 Å². The van der Waals surface area contributed by atoms with E-state index in [4.69, 9.17) is 0 Å². The maximum Gasteiger partial charge on any atom is 0.114 e. The van der Waals surface area contributed by atoms with Crippen molar-refractivity contribution in [1.29, 1.82) is 0 Å². The van der Waals surface area contributed by atoms with Crippen molar-refractivity contribution in [1.82, 2.24) is 14.9 Å². The highest BCUT2D eigenvalue weighted by Gasteiger charge is 2.16. The molecule has 176 valence electrons. The van der Waals surface area contributed by atoms with E-state index >= 15 is 0 Å². The summed E-state index contributed by atoms with van der Waals surface area (Å²) in [5.41, 5.74) is 8.70. The minimum atomic E-state index is 0.440. The third-order valence-electron chi connectivity index (χ3n) is 6.34. The van der Waals surface area contributed by atoms with Crippen LogP contribution in [0.1, 0.15) is 56.1 Å². The number of aryl methyl sites for hydroxylation is 2. The standard InChI is InChI=1S/C28H34N6/c1-5-8-24-12-11-23(16-30-24)27-14-26(29-15-20(27)3)17-31-25-10-7-9-22(13-25)28-18-34(19-32-33-28)21(4)6-2/h7,9-16,19,21,31H,5-6,8,17-18H2,1-4H3. The molecule has 1 atom stereocenters. The highest BCUT2D eigenvalue weighted by molar-refractivity contribution is 6.04. The van der Waals surface area contributed by atoms with Crippen LogP contribution in [0, 0.1) is 6.92 Å². The predicted molar refractivity (Wildman–Crippen MR) is 141 cm³/mol. The number of hydrogen-bond acceptors (Lipinski definition) is 6. The number of pyridine rings is 2. The van der Waals surface area contributed by atoms with Gasteiger partial charge in [-0.2, -0.15) is 5.10 Å². The van der Waals surface area contributed by atoms with Crippen molar-refractivity contribution >= 4 is 17.7 Å². The first-order chi connectivity index (χ1) is 16.6. The molecular weight excluding hydrogens is 420 g/mol. The van der Waals surface area contributed by atoms with Gasteiger partial charge in [0.15, 0.2) is 0 Å². The molecule has 0 spiro atoms. The average molecular weight is 455 g/mol. The van der Waals surface area contributed by atoms with Gasteiger partial charge in [-0.1, -0.05) is 38.5 Å². The van der Waals surface area contributed by atoms with Gasteiger partial charge >= 0.3 is 0 Å². The van der Waals surface area contributed by atoms with Gasteiger partial charge in [0, 0.05) is 40.9 Å². The van der Waals surface area contributed by atoms with E-state index in [0.29, 0.717) is 12.6 Å². The first-order valence-electron chi connectivity index (χ1n) is 12.2. The van der Waals surface area contributed by atoms with Crippen molar-refractivity contribution in [2.24, 2.45) is 10.2 Å². The second-order valence-corrected chi connectivity index (χ2v) is 8.92. The number of hydrogen-bond donors (Lipinski definition) is 1. The van der Waals surface area contributed by atoms with Gasteiger partial charge in [0.1, 0.15) is 6.34 Å². The molecule has 34 heavy (non-hydrogen) atoms. The molecule has 1 N–H and O–H groups in total. The molecular formula is C28H34N6. The Morgan fingerprint density at radius 2 is 1.85 bits per heavy atom. The highest BCUT2D eigenvalue weighted by atomic mass is 15.3. The zero-order valence-electron chi connectivity index (χ0n) is 20.6. The maximum absolute atomic E-state index is 4.65. The molecule has 0 fully saturated rings. The first kappa shape index (κ1) is 23.6. The molecule has 4 rings (SSSR count). The summed E-state index contributed by atoms with van der Waals surface area (Å²) in [4.78, 5) is 11.5. The zero-order valence-corrected chi connectivity index (χ0v) is 20.6. The lowest BCUT2D eigenvalue weighted by Gasteiger charge is -2.28. The molecule has 2 aromatic heterocycles. The van der Waals surface area contributed by atoms with Crippen LogP contribution in [0.15, 0.2) is 65.1 Å². The summed E-state index contributed by atoms with van der Waals surface area (Å²) in [6, 6.07) is 15.3. The predicted octanol–water partition coefficient (Wildman–Crippen LogP) is 5.86. The lowest BCUT2D eigenvalue weighted by molar-refractivity contribution is 0.364. The van der Waals surface area contributed by atoms with Crippen LogP contribution in [0.25, 0.3) is 11.1 Å². The van der Waals surface area contributed by atoms with E-state index < -0.39 is 0 Å². The van der Waals surface area contributed by atoms with Gasteiger partial charge < -0.3 is 10.2 Å². The van der Waals surface area contributed by atoms with E-state index in [1.807, 2.05) is 18.7 Å². The normalized spacial score (nSPS) is 14.1. The third-order valence-corrected chi connectivity index (χ3v) is 6.34. The largest absolute Gasteiger partial charge is 0.379 e. The van der Waals surface area contributed by atoms with Crippen molar-refractivity contribution in [3.05, 3.63) is 77.4 Å². The molecule has 1 aliphatic heterocycles. The Balaban J connectivity index is 1.46. The summed E-state index contributed by atoms with van der Waals surface area (Å²) in [6.07, 6.45) is 8.95. The van der Waals surface area contributed by atoms with Crippen LogP contribution in [0.4, 0.5) is 5.69 Å². The third kappa shape index (κ3) is 5.68. The number of anilines is 1. The van der Waals surface area contributed by atoms with Crippen LogP contribution >= 0.6 is 0 Å². The first-order valence-corrected chi connectivity index (χ1v) is 12.2. The van der Waals surface area contributed by atoms with Gasteiger partial charge in [-0.3, -0.25) is 9.97 Å². The Kier molecular flexibility index (Phi) is 7.68. The molecule has 1 unspecified atom stereocenters. The van der Waals surface area contributed by atoms with Gasteiger partial charge in [0.05, 0.1) is 24.5 Å². The summed E-state index contributed by atoms with van der Waals surface area (Å²) in [6.45, 7) is 10.1. The Morgan fingerprint density at radius 3 is 2.62 bits per heavy atom. The molecule has 0 aliphatic carbocycles. The monoisotopic (exact) mass is 454 g/mol. The van der Waals surface area contributed by atoms with Crippen LogP contribution < -0.4 is 5.32 Å². The van der Waals surface area contributed by atoms with Crippen LogP contribution in [-0.2, 0) is 13.0 Å². The van der Waals surface area contributed by atoms with Gasteiger partial charge in [-0.15, -0.1) is 5.10 Å². The smallest absolute Gasteiger partial charge is 0.114 e. The second-order valence-electron chi connectivity index (χ2n) is 8.92. The fourth-order valence-electron chi connectivity index (χ4n) is 4.02. The molecule has 0 amide bonds. The minimum absolute atomic E-state index is 0.440. The summed E-state index contributed by atoms with van der Waals surface area (Å²) in [5, 5.41) is 12.1. The molecule has 1 aromatic carbocycles. The maximum atomic E-state index is 4.65. The number of nitrogens with zero attached hydrogens (tertiary/aromatic N) is 5. The van der Waals surface area contributed by atoms with Crippen molar-refractivity contribution < 1.29 is 0 Å². The molecule has 3 heterocycles. The molecule has 6 nitrogen and oxygen atoms in total. The molecule has 0 radical (unpaired) electrons. The van der Waals surface area contributed by atoms with Crippen LogP contribution in [0.5, 0.6) is 0 Å². The number of nitrogens with one attached hydrogen (secondary N) is 1. The SMILES string of the molecule is CCCc1ccc(-c2cc(CNc3cccc(C4=NN=CN(C(C)CC)C4)c3)ncc2C)cn1. The molecule has 0 saturated carbocycles. The Hall–Kier alpha value is -3.54. The molecule has 6 heteroatoms. The lowest BCUT2D eigenvalue weighted by Crippen LogP contribution is -2.38. The van der Waals surface area contributed by atoms with Gasteiger partial charge in [0.25, 0.3) is 0 Å². The number of rotatable bonds is 9. The fourth-order valence-corrected chi connectivity index (χ4v) is 4.02. The Labute approximate surface area is 202 Å². The van der Waals surface area contributed by atoms with Crippen molar-refractivity contribution in [2.75, 3.05) is 11.9 Å². The van der Waals surface area contributed by atoms with Crippen LogP contribution in [-0.4, -0.2) is 39.5 Å². The number of aromatic nitrogens is 2. The summed E-state index contributed by atoms with van der Waals surface area (Å²) in [7, 11) is 0. The number of benzene rings is 1. The minimum Gasteiger partial charge on any atom is -0.379 e. The van der Waals surface area contributed by atoms with E-state index in [9.17, 15) is 0 Å². The lowest BCUT2D eigenvalue weighted by atomic mass is 10.0. The zero-order chi connectivity index (χ0) is 23.9. The van der Waals surface area contributed by atoms with Crippen molar-refractivity contribution in [3.8, 4) is 11.1 Å². The van der Waals surface area contributed by atoms with Crippen LogP contribution in [0.3, 0.4) is 0 Å². The topological polar surface area (TPSA) is 65.8 Å². The van der Waals surface area contributed by atoms with E-state index in [1.165, 1.54) is 5.56 Å². The van der Waals surface area contributed by atoms with E-state index in [-0.39, 0.29) is 0 Å². The second kappa shape index (κ2) is 11.1. The fraction of sp³-hybridized carbons (Fsp3) is 0.357. The van der Waals surface area contributed by atoms with Crippen molar-refractivity contribution in [2.45, 2.75) is 59.5 Å². The van der Waals surface area contributed by atoms with E-state index in [0.717, 1.165) is 65.3 Å². The molecule has 0 bridgehead atoms. The Bertz CT molecular complexity index is 1170. The average Bonchev–Trinajstić information content (AvgIpc) is 2.89. The van der Waals surface area contributed by atoms with Gasteiger partial charge in [-0.05, 0) is 62.1 Å². The summed E-state index contributed by atoms with van der Waals surface area (Å²) >= 11 is 0. The van der Waals surface area contributed by atoms with E-state index in [2.05, 4.69) is 101 Å². The Morgan fingerprint density at radius 1 is 1.00 bits per heavy atom. The summed E-state index contributed by atoms with van der Waals surface area (Å²) in [5.74, 6) is 0. The highest BCUT2D eigenvalue weighted by Crippen LogP contribution is 2.24. The quantitative estimate of drug-likeness (QED) is 0.440. The molecule has 3 aromatic rings. The summed E-state index contributed by atoms with van der Waals surface area (Å²) < 4.78 is 0.